The molecule has 0 radical (unpaired) electrons. The van der Waals surface area contributed by atoms with Crippen LogP contribution >= 0.6 is 0 Å². The third kappa shape index (κ3) is 2.86. The van der Waals surface area contributed by atoms with Gasteiger partial charge < -0.3 is 0 Å². The monoisotopic (exact) mass is 274 g/mol. The summed E-state index contributed by atoms with van der Waals surface area (Å²) in [4.78, 5) is 7.59. The highest BCUT2D eigenvalue weighted by molar-refractivity contribution is 7.92. The number of nitrogens with one attached hydrogen (secondary N) is 1. The molecule has 0 aliphatic heterocycles. The van der Waals surface area contributed by atoms with Gasteiger partial charge in [-0.3, -0.25) is 9.71 Å². The number of anilines is 1. The Morgan fingerprint density at radius 2 is 2.05 bits per heavy atom. The van der Waals surface area contributed by atoms with E-state index < -0.39 is 10.0 Å². The third-order valence-electron chi connectivity index (χ3n) is 2.44. The van der Waals surface area contributed by atoms with Crippen LogP contribution in [0.4, 0.5) is 5.69 Å². The molecular weight excluding hydrogens is 264 g/mol. The zero-order valence-corrected chi connectivity index (χ0v) is 10.8. The van der Waals surface area contributed by atoms with E-state index in [0.717, 1.165) is 11.8 Å². The first-order valence-corrected chi connectivity index (χ1v) is 6.81. The number of nitrogens with zero attached hydrogens (tertiary/aromatic N) is 3. The number of sulfonamides is 1. The van der Waals surface area contributed by atoms with E-state index in [0.29, 0.717) is 5.69 Å². The molecule has 19 heavy (non-hydrogen) atoms. The van der Waals surface area contributed by atoms with Crippen molar-refractivity contribution in [3.05, 3.63) is 48.0 Å². The van der Waals surface area contributed by atoms with Gasteiger partial charge in [-0.05, 0) is 30.7 Å². The molecule has 0 unspecified atom stereocenters. The van der Waals surface area contributed by atoms with Gasteiger partial charge >= 0.3 is 0 Å². The van der Waals surface area contributed by atoms with Gasteiger partial charge in [0.15, 0.2) is 0 Å². The molecule has 1 N–H and O–H groups in total. The fraction of sp³-hybridized carbons (Fsp3) is 0.0833. The number of hydrogen-bond donors (Lipinski definition) is 1. The zero-order chi connectivity index (χ0) is 13.9. The van der Waals surface area contributed by atoms with Crippen molar-refractivity contribution in [3.8, 4) is 6.07 Å². The van der Waals surface area contributed by atoms with Gasteiger partial charge in [-0.15, -0.1) is 0 Å². The summed E-state index contributed by atoms with van der Waals surface area (Å²) in [7, 11) is -3.72. The van der Waals surface area contributed by atoms with Crippen LogP contribution in [0.15, 0.2) is 41.7 Å². The van der Waals surface area contributed by atoms with E-state index in [2.05, 4.69) is 14.7 Å². The van der Waals surface area contributed by atoms with Crippen molar-refractivity contribution >= 4 is 15.7 Å². The molecule has 0 atom stereocenters. The Balaban J connectivity index is 2.33. The van der Waals surface area contributed by atoms with Crippen LogP contribution in [0.2, 0.25) is 0 Å². The molecule has 2 aromatic heterocycles. The highest BCUT2D eigenvalue weighted by Gasteiger charge is 2.15. The van der Waals surface area contributed by atoms with E-state index in [4.69, 9.17) is 5.26 Å². The van der Waals surface area contributed by atoms with Crippen molar-refractivity contribution < 1.29 is 8.42 Å². The normalized spacial score (nSPS) is 10.7. The van der Waals surface area contributed by atoms with Crippen LogP contribution in [0.25, 0.3) is 0 Å². The van der Waals surface area contributed by atoms with Gasteiger partial charge in [0.25, 0.3) is 10.0 Å². The lowest BCUT2D eigenvalue weighted by molar-refractivity contribution is 0.600. The van der Waals surface area contributed by atoms with Gasteiger partial charge in [0.1, 0.15) is 16.7 Å². The second-order valence-corrected chi connectivity index (χ2v) is 5.47. The molecule has 2 heterocycles. The Labute approximate surface area is 110 Å². The average Bonchev–Trinajstić information content (AvgIpc) is 2.41. The average molecular weight is 274 g/mol. The van der Waals surface area contributed by atoms with E-state index in [1.165, 1.54) is 18.3 Å². The first-order valence-electron chi connectivity index (χ1n) is 5.32. The van der Waals surface area contributed by atoms with Crippen LogP contribution in [0, 0.1) is 18.3 Å². The van der Waals surface area contributed by atoms with Gasteiger partial charge in [-0.2, -0.15) is 5.26 Å². The number of aryl methyl sites for hydroxylation is 1. The number of rotatable bonds is 3. The van der Waals surface area contributed by atoms with Crippen molar-refractivity contribution in [1.82, 2.24) is 9.97 Å². The van der Waals surface area contributed by atoms with Gasteiger partial charge in [0, 0.05) is 12.4 Å². The number of pyridine rings is 2. The maximum absolute atomic E-state index is 12.1. The highest BCUT2D eigenvalue weighted by atomic mass is 32.2. The number of nitriles is 1. The van der Waals surface area contributed by atoms with Crippen molar-refractivity contribution in [1.29, 1.82) is 5.26 Å². The molecule has 6 nitrogen and oxygen atoms in total. The van der Waals surface area contributed by atoms with Crippen molar-refractivity contribution in [2.45, 2.75) is 11.8 Å². The minimum absolute atomic E-state index is 0.00486. The lowest BCUT2D eigenvalue weighted by atomic mass is 10.3. The van der Waals surface area contributed by atoms with Crippen LogP contribution in [-0.4, -0.2) is 18.4 Å². The number of hydrogen-bond acceptors (Lipinski definition) is 5. The van der Waals surface area contributed by atoms with Crippen molar-refractivity contribution in [3.63, 3.8) is 0 Å². The Hall–Kier alpha value is -2.46. The van der Waals surface area contributed by atoms with Crippen LogP contribution < -0.4 is 4.72 Å². The quantitative estimate of drug-likeness (QED) is 0.914. The summed E-state index contributed by atoms with van der Waals surface area (Å²) in [6.07, 6.45) is 4.16. The van der Waals surface area contributed by atoms with E-state index >= 15 is 0 Å². The minimum Gasteiger partial charge on any atom is -0.278 e. The van der Waals surface area contributed by atoms with E-state index in [-0.39, 0.29) is 10.6 Å². The Morgan fingerprint density at radius 3 is 2.63 bits per heavy atom. The van der Waals surface area contributed by atoms with E-state index in [1.807, 2.05) is 6.07 Å². The first kappa shape index (κ1) is 13.0. The first-order chi connectivity index (χ1) is 9.03. The second kappa shape index (κ2) is 5.04. The smallest absolute Gasteiger partial charge is 0.263 e. The fourth-order valence-electron chi connectivity index (χ4n) is 1.38. The van der Waals surface area contributed by atoms with Crippen LogP contribution in [-0.2, 0) is 10.0 Å². The third-order valence-corrected chi connectivity index (χ3v) is 3.80. The Morgan fingerprint density at radius 1 is 1.26 bits per heavy atom. The number of aromatic nitrogens is 2. The molecule has 0 fully saturated rings. The molecule has 0 aliphatic rings. The molecule has 0 saturated carbocycles. The van der Waals surface area contributed by atoms with E-state index in [9.17, 15) is 8.42 Å². The maximum Gasteiger partial charge on any atom is 0.263 e. The van der Waals surface area contributed by atoms with Crippen molar-refractivity contribution in [2.75, 3.05) is 4.72 Å². The summed E-state index contributed by atoms with van der Waals surface area (Å²) in [5, 5.41) is 8.62. The summed E-state index contributed by atoms with van der Waals surface area (Å²) in [6, 6.07) is 6.22. The minimum atomic E-state index is -3.72. The van der Waals surface area contributed by atoms with Gasteiger partial charge in [-0.25, -0.2) is 13.4 Å². The van der Waals surface area contributed by atoms with Crippen LogP contribution in [0.3, 0.4) is 0 Å². The van der Waals surface area contributed by atoms with Crippen LogP contribution in [0.1, 0.15) is 11.3 Å². The lowest BCUT2D eigenvalue weighted by Crippen LogP contribution is -2.14. The molecule has 2 aromatic rings. The second-order valence-electron chi connectivity index (χ2n) is 3.79. The van der Waals surface area contributed by atoms with Crippen LogP contribution in [0.5, 0.6) is 0 Å². The molecule has 0 spiro atoms. The predicted molar refractivity (Wildman–Crippen MR) is 68.7 cm³/mol. The molecule has 0 bridgehead atoms. The Kier molecular flexibility index (Phi) is 3.44. The highest BCUT2D eigenvalue weighted by Crippen LogP contribution is 2.17. The fourth-order valence-corrected chi connectivity index (χ4v) is 2.44. The molecule has 0 aromatic carbocycles. The van der Waals surface area contributed by atoms with Crippen molar-refractivity contribution in [2.24, 2.45) is 0 Å². The molecule has 0 amide bonds. The summed E-state index contributed by atoms with van der Waals surface area (Å²) in [5.41, 5.74) is 1.34. The van der Waals surface area contributed by atoms with E-state index in [1.54, 1.807) is 19.2 Å². The molecule has 0 aliphatic carbocycles. The lowest BCUT2D eigenvalue weighted by Gasteiger charge is -2.09. The van der Waals surface area contributed by atoms with Gasteiger partial charge in [0.2, 0.25) is 0 Å². The molecule has 7 heteroatoms. The summed E-state index contributed by atoms with van der Waals surface area (Å²) < 4.78 is 26.6. The summed E-state index contributed by atoms with van der Waals surface area (Å²) in [5.74, 6) is 0. The van der Waals surface area contributed by atoms with Gasteiger partial charge in [0.05, 0.1) is 11.9 Å². The molecular formula is C12H10N4O2S. The Bertz CT molecular complexity index is 733. The zero-order valence-electron chi connectivity index (χ0n) is 10.0. The maximum atomic E-state index is 12.1. The summed E-state index contributed by atoms with van der Waals surface area (Å²) >= 11 is 0. The van der Waals surface area contributed by atoms with Gasteiger partial charge in [-0.1, -0.05) is 0 Å². The largest absolute Gasteiger partial charge is 0.278 e. The molecule has 2 rings (SSSR count). The molecule has 96 valence electrons. The summed E-state index contributed by atoms with van der Waals surface area (Å²) in [6.45, 7) is 1.77. The SMILES string of the molecule is Cc1ccncc1NS(=O)(=O)c1ccc(C#N)nc1. The topological polar surface area (TPSA) is 95.7 Å². The standard InChI is InChI=1S/C12H10N4O2S/c1-9-4-5-14-8-12(9)16-19(17,18)11-3-2-10(6-13)15-7-11/h2-5,7-8,16H,1H3. The molecule has 0 saturated heterocycles. The predicted octanol–water partition coefficient (Wildman–Crippen LogP) is 1.46.